The second-order valence-corrected chi connectivity index (χ2v) is 14.0. The summed E-state index contributed by atoms with van der Waals surface area (Å²) in [7, 11) is 0. The number of ether oxygens (including phenoxy) is 10. The number of aliphatic hydroxyl groups excluding tert-OH is 3. The van der Waals surface area contributed by atoms with Crippen molar-refractivity contribution in [3.63, 3.8) is 0 Å². The van der Waals surface area contributed by atoms with E-state index in [1.54, 1.807) is 0 Å². The number of carbonyl (C=O) groups excluding carboxylic acids is 8. The number of amides is 3. The summed E-state index contributed by atoms with van der Waals surface area (Å²) >= 11 is 0. The molecule has 3 aliphatic rings. The van der Waals surface area contributed by atoms with Crippen molar-refractivity contribution in [3.05, 3.63) is 11.1 Å². The van der Waals surface area contributed by atoms with E-state index in [0.29, 0.717) is 13.2 Å². The standard InChI is InChI=1S/C20H30N2O11.C18H30N2O10/c1-10-12(19(29)33-18(10)28)3-4-14(25)21-5-6-30-7-8-31-20-15(22-11(2)24)17(27)16(26)13(9-23)32-20;1-10(21)20-15-17(29-13(4)24)16(28-12(3)23)14(9-27-11(2)22)30-18(15)26-8-7-25-6-5-19/h13,15-17,20,23,26-27H,3-9H2,1-2H3,(H,21,25)(H,22,24);14-18H,5-9,19H2,1-4H3,(H,20,21). The van der Waals surface area contributed by atoms with E-state index < -0.39 is 110 Å². The lowest BCUT2D eigenvalue weighted by atomic mass is 9.96. The highest BCUT2D eigenvalue weighted by molar-refractivity contribution is 6.12. The maximum atomic E-state index is 11.9. The maximum Gasteiger partial charge on any atom is 0.342 e. The van der Waals surface area contributed by atoms with Crippen molar-refractivity contribution < 1.29 is 101 Å². The van der Waals surface area contributed by atoms with E-state index in [0.717, 1.165) is 0 Å². The fourth-order valence-electron chi connectivity index (χ4n) is 6.16. The molecule has 10 unspecified atom stereocenters. The smallest absolute Gasteiger partial charge is 0.342 e. The Bertz CT molecular complexity index is 1590. The third-order valence-corrected chi connectivity index (χ3v) is 8.97. The Morgan fingerprint density at radius 2 is 1.25 bits per heavy atom. The van der Waals surface area contributed by atoms with Gasteiger partial charge in [-0.3, -0.25) is 28.8 Å². The highest BCUT2D eigenvalue weighted by Crippen LogP contribution is 2.28. The largest absolute Gasteiger partial charge is 0.463 e. The SMILES string of the molecule is CC(=O)NC1C(OCCOCCN)OC(COC(C)=O)C(OC(C)=O)C1OC(C)=O.CC(=O)NC1C(OCCOCCNC(=O)CCC2=C(C)C(=O)OC2=O)OC(CO)C(O)C1O. The number of hydrogen-bond donors (Lipinski definition) is 7. The summed E-state index contributed by atoms with van der Waals surface area (Å²) in [6.45, 7) is 8.11. The predicted molar refractivity (Wildman–Crippen MR) is 208 cm³/mol. The fourth-order valence-corrected chi connectivity index (χ4v) is 6.16. The number of nitrogens with one attached hydrogen (secondary N) is 3. The molecule has 0 aromatic rings. The van der Waals surface area contributed by atoms with E-state index >= 15 is 0 Å². The Morgan fingerprint density at radius 3 is 1.78 bits per heavy atom. The van der Waals surface area contributed by atoms with E-state index in [-0.39, 0.29) is 76.1 Å². The molecule has 0 spiro atoms. The maximum absolute atomic E-state index is 11.9. The topological polar surface area (TPSA) is 352 Å². The highest BCUT2D eigenvalue weighted by atomic mass is 16.7. The minimum absolute atomic E-state index is 0.0131. The summed E-state index contributed by atoms with van der Waals surface area (Å²) in [6.07, 6.45) is -9.29. The average molecular weight is 909 g/mol. The van der Waals surface area contributed by atoms with E-state index in [9.17, 15) is 53.7 Å². The lowest BCUT2D eigenvalue weighted by molar-refractivity contribution is -0.279. The molecule has 2 fully saturated rings. The number of cyclic esters (lactones) is 2. The van der Waals surface area contributed by atoms with Gasteiger partial charge in [0.05, 0.1) is 46.2 Å². The second-order valence-electron chi connectivity index (χ2n) is 14.0. The van der Waals surface area contributed by atoms with Gasteiger partial charge in [-0.1, -0.05) is 0 Å². The first-order valence-corrected chi connectivity index (χ1v) is 19.9. The molecule has 0 radical (unpaired) electrons. The second kappa shape index (κ2) is 28.2. The van der Waals surface area contributed by atoms with Crippen LogP contribution in [0.1, 0.15) is 54.4 Å². The Labute approximate surface area is 362 Å². The highest BCUT2D eigenvalue weighted by Gasteiger charge is 2.51. The summed E-state index contributed by atoms with van der Waals surface area (Å²) in [6, 6.07) is -2.04. The van der Waals surface area contributed by atoms with Crippen LogP contribution in [0.3, 0.4) is 0 Å². The molecule has 0 saturated carbocycles. The van der Waals surface area contributed by atoms with Gasteiger partial charge in [0, 0.05) is 65.3 Å². The van der Waals surface area contributed by atoms with Crippen molar-refractivity contribution in [1.29, 1.82) is 0 Å². The van der Waals surface area contributed by atoms with Gasteiger partial charge in [0.1, 0.15) is 43.1 Å². The van der Waals surface area contributed by atoms with Crippen molar-refractivity contribution in [3.8, 4) is 0 Å². The number of carbonyl (C=O) groups is 8. The summed E-state index contributed by atoms with van der Waals surface area (Å²) in [4.78, 5) is 92.4. The predicted octanol–water partition coefficient (Wildman–Crippen LogP) is -4.11. The molecule has 10 atom stereocenters. The third kappa shape index (κ3) is 18.9. The van der Waals surface area contributed by atoms with Crippen molar-refractivity contribution in [1.82, 2.24) is 16.0 Å². The van der Waals surface area contributed by atoms with Gasteiger partial charge in [-0.25, -0.2) is 9.59 Å². The molecule has 0 aromatic carbocycles. The van der Waals surface area contributed by atoms with Gasteiger partial charge in [0.15, 0.2) is 24.8 Å². The Kier molecular flexibility index (Phi) is 24.3. The molecule has 3 amide bonds. The van der Waals surface area contributed by atoms with Crippen molar-refractivity contribution in [2.24, 2.45) is 5.73 Å². The molecule has 3 aliphatic heterocycles. The molecular weight excluding hydrogens is 848 g/mol. The van der Waals surface area contributed by atoms with Crippen LogP contribution in [0.25, 0.3) is 0 Å². The lowest BCUT2D eigenvalue weighted by Gasteiger charge is -2.44. The van der Waals surface area contributed by atoms with Crippen LogP contribution in [-0.4, -0.2) is 190 Å². The van der Waals surface area contributed by atoms with Crippen LogP contribution in [0.2, 0.25) is 0 Å². The molecule has 3 rings (SSSR count). The summed E-state index contributed by atoms with van der Waals surface area (Å²) in [5, 5.41) is 37.1. The molecule has 0 bridgehead atoms. The van der Waals surface area contributed by atoms with Crippen LogP contribution >= 0.6 is 0 Å². The molecule has 63 heavy (non-hydrogen) atoms. The molecule has 2 saturated heterocycles. The molecule has 0 aromatic heterocycles. The Hall–Kier alpha value is -4.70. The van der Waals surface area contributed by atoms with Crippen molar-refractivity contribution >= 4 is 47.6 Å². The van der Waals surface area contributed by atoms with Gasteiger partial charge < -0.3 is 84.4 Å². The monoisotopic (exact) mass is 908 g/mol. The molecule has 8 N–H and O–H groups in total. The van der Waals surface area contributed by atoms with Gasteiger partial charge in [0.2, 0.25) is 17.7 Å². The van der Waals surface area contributed by atoms with Gasteiger partial charge in [0.25, 0.3) is 0 Å². The van der Waals surface area contributed by atoms with Gasteiger partial charge >= 0.3 is 29.8 Å². The zero-order valence-corrected chi connectivity index (χ0v) is 36.0. The molecule has 25 heteroatoms. The first kappa shape index (κ1) is 54.4. The first-order valence-electron chi connectivity index (χ1n) is 19.9. The first-order chi connectivity index (χ1) is 29.8. The van der Waals surface area contributed by atoms with Crippen LogP contribution in [0.15, 0.2) is 11.1 Å². The van der Waals surface area contributed by atoms with Crippen LogP contribution < -0.4 is 21.7 Å². The summed E-state index contributed by atoms with van der Waals surface area (Å²) in [5.74, 6) is -4.57. The Morgan fingerprint density at radius 1 is 0.698 bits per heavy atom. The number of esters is 5. The van der Waals surface area contributed by atoms with E-state index in [2.05, 4.69) is 20.7 Å². The molecule has 25 nitrogen and oxygen atoms in total. The Balaban J connectivity index is 0.000000436. The number of rotatable bonds is 23. The van der Waals surface area contributed by atoms with E-state index in [1.165, 1.54) is 41.5 Å². The van der Waals surface area contributed by atoms with Crippen LogP contribution in [0.5, 0.6) is 0 Å². The molecule has 3 heterocycles. The van der Waals surface area contributed by atoms with Crippen LogP contribution in [0.4, 0.5) is 0 Å². The number of aliphatic hydroxyl groups is 3. The van der Waals surface area contributed by atoms with Gasteiger partial charge in [-0.05, 0) is 13.3 Å². The lowest BCUT2D eigenvalue weighted by Crippen LogP contribution is -2.66. The van der Waals surface area contributed by atoms with Crippen LogP contribution in [-0.2, 0) is 85.7 Å². The quantitative estimate of drug-likeness (QED) is 0.0222. The van der Waals surface area contributed by atoms with Crippen molar-refractivity contribution in [2.45, 2.75) is 116 Å². The van der Waals surface area contributed by atoms with Gasteiger partial charge in [-0.2, -0.15) is 0 Å². The molecule has 0 aliphatic carbocycles. The third-order valence-electron chi connectivity index (χ3n) is 8.97. The van der Waals surface area contributed by atoms with Crippen LogP contribution in [0, 0.1) is 0 Å². The van der Waals surface area contributed by atoms with Crippen molar-refractivity contribution in [2.75, 3.05) is 65.9 Å². The zero-order chi connectivity index (χ0) is 47.2. The van der Waals surface area contributed by atoms with E-state index in [1.807, 2.05) is 0 Å². The fraction of sp³-hybridized carbons (Fsp3) is 0.737. The minimum Gasteiger partial charge on any atom is -0.463 e. The number of nitrogens with two attached hydrogens (primary N) is 1. The number of hydrogen-bond acceptors (Lipinski definition) is 22. The molecular formula is C38H60N4O21. The minimum atomic E-state index is -1.40. The molecule has 358 valence electrons. The zero-order valence-electron chi connectivity index (χ0n) is 36.0. The normalized spacial score (nSPS) is 26.7. The van der Waals surface area contributed by atoms with Gasteiger partial charge in [-0.15, -0.1) is 0 Å². The van der Waals surface area contributed by atoms with E-state index in [4.69, 9.17) is 48.4 Å². The summed E-state index contributed by atoms with van der Waals surface area (Å²) < 4.78 is 53.1. The summed E-state index contributed by atoms with van der Waals surface area (Å²) in [5.41, 5.74) is 5.77. The average Bonchev–Trinajstić information content (AvgIpc) is 3.45.